The minimum absolute atomic E-state index is 0.116. The Hall–Kier alpha value is -2.95. The maximum atomic E-state index is 12.7. The van der Waals surface area contributed by atoms with E-state index in [2.05, 4.69) is 10.1 Å². The van der Waals surface area contributed by atoms with Gasteiger partial charge in [-0.3, -0.25) is 9.78 Å². The number of aryl methyl sites for hydroxylation is 1. The summed E-state index contributed by atoms with van der Waals surface area (Å²) >= 11 is 0. The van der Waals surface area contributed by atoms with Crippen LogP contribution in [0.15, 0.2) is 54.9 Å². The van der Waals surface area contributed by atoms with Crippen LogP contribution >= 0.6 is 0 Å². The van der Waals surface area contributed by atoms with Crippen molar-refractivity contribution < 1.29 is 9.90 Å². The summed E-state index contributed by atoms with van der Waals surface area (Å²) in [6, 6.07) is 12.7. The Morgan fingerprint density at radius 1 is 1.18 bits per heavy atom. The normalized spacial score (nSPS) is 10.6. The smallest absolute Gasteiger partial charge is 0.221 e. The Kier molecular flexibility index (Phi) is 3.70. The van der Waals surface area contributed by atoms with Gasteiger partial charge in [0, 0.05) is 30.1 Å². The number of aromatic nitrogens is 3. The van der Waals surface area contributed by atoms with E-state index in [9.17, 15) is 9.90 Å². The fourth-order valence-electron chi connectivity index (χ4n) is 2.32. The molecule has 5 nitrogen and oxygen atoms in total. The minimum Gasteiger partial charge on any atom is -0.493 e. The van der Waals surface area contributed by atoms with Crippen molar-refractivity contribution in [3.05, 3.63) is 66.0 Å². The van der Waals surface area contributed by atoms with E-state index in [-0.39, 0.29) is 17.2 Å². The zero-order valence-corrected chi connectivity index (χ0v) is 12.1. The molecule has 2 aromatic heterocycles. The summed E-state index contributed by atoms with van der Waals surface area (Å²) in [5.41, 5.74) is 1.90. The fraction of sp³-hybridized carbons (Fsp3) is 0.118. The van der Waals surface area contributed by atoms with Crippen molar-refractivity contribution in [1.29, 1.82) is 0 Å². The lowest BCUT2D eigenvalue weighted by Crippen LogP contribution is -2.03. The van der Waals surface area contributed by atoms with Gasteiger partial charge in [-0.1, -0.05) is 30.3 Å². The first-order chi connectivity index (χ1) is 10.7. The molecule has 1 aromatic carbocycles. The zero-order valence-electron chi connectivity index (χ0n) is 12.1. The van der Waals surface area contributed by atoms with Gasteiger partial charge in [0.15, 0.2) is 0 Å². The van der Waals surface area contributed by atoms with Crippen LogP contribution in [0.3, 0.4) is 0 Å². The van der Waals surface area contributed by atoms with E-state index in [4.69, 9.17) is 0 Å². The van der Waals surface area contributed by atoms with Gasteiger partial charge in [-0.2, -0.15) is 5.10 Å². The van der Waals surface area contributed by atoms with Gasteiger partial charge >= 0.3 is 0 Å². The van der Waals surface area contributed by atoms with Crippen LogP contribution in [0, 0.1) is 0 Å². The van der Waals surface area contributed by atoms with E-state index >= 15 is 0 Å². The van der Waals surface area contributed by atoms with Crippen LogP contribution in [0.1, 0.15) is 22.8 Å². The zero-order chi connectivity index (χ0) is 15.5. The molecule has 2 heterocycles. The average Bonchev–Trinajstić information content (AvgIpc) is 2.92. The van der Waals surface area contributed by atoms with Crippen LogP contribution in [0.25, 0.3) is 11.3 Å². The predicted octanol–water partition coefficient (Wildman–Crippen LogP) is 2.90. The lowest BCUT2D eigenvalue weighted by Gasteiger charge is -2.02. The van der Waals surface area contributed by atoms with Crippen molar-refractivity contribution in [2.24, 2.45) is 0 Å². The molecule has 0 aliphatic rings. The topological polar surface area (TPSA) is 68.0 Å². The highest BCUT2D eigenvalue weighted by atomic mass is 16.3. The molecule has 1 N–H and O–H groups in total. The van der Waals surface area contributed by atoms with Crippen molar-refractivity contribution in [3.8, 4) is 17.1 Å². The van der Waals surface area contributed by atoms with Gasteiger partial charge < -0.3 is 5.11 Å². The molecule has 0 aliphatic carbocycles. The SMILES string of the molecule is CCn1nc(-c2ccccc2)c(C(=O)c2cccnc2)c1O. The van der Waals surface area contributed by atoms with Gasteiger partial charge in [-0.05, 0) is 19.1 Å². The van der Waals surface area contributed by atoms with E-state index in [1.54, 1.807) is 18.3 Å². The van der Waals surface area contributed by atoms with Crippen molar-refractivity contribution >= 4 is 5.78 Å². The van der Waals surface area contributed by atoms with Gasteiger partial charge in [0.2, 0.25) is 11.7 Å². The largest absolute Gasteiger partial charge is 0.493 e. The second-order valence-electron chi connectivity index (χ2n) is 4.80. The number of benzene rings is 1. The van der Waals surface area contributed by atoms with Gasteiger partial charge in [0.25, 0.3) is 0 Å². The Morgan fingerprint density at radius 3 is 2.59 bits per heavy atom. The van der Waals surface area contributed by atoms with E-state index in [1.165, 1.54) is 10.9 Å². The molecule has 22 heavy (non-hydrogen) atoms. The third kappa shape index (κ3) is 2.37. The molecule has 5 heteroatoms. The summed E-state index contributed by atoms with van der Waals surface area (Å²) in [7, 11) is 0. The van der Waals surface area contributed by atoms with Gasteiger partial charge in [0.05, 0.1) is 0 Å². The fourth-order valence-corrected chi connectivity index (χ4v) is 2.32. The van der Waals surface area contributed by atoms with Crippen LogP contribution in [0.4, 0.5) is 0 Å². The van der Waals surface area contributed by atoms with E-state index in [0.717, 1.165) is 5.56 Å². The van der Waals surface area contributed by atoms with Crippen molar-refractivity contribution in [1.82, 2.24) is 14.8 Å². The highest BCUT2D eigenvalue weighted by Crippen LogP contribution is 2.31. The second kappa shape index (κ2) is 5.81. The maximum Gasteiger partial charge on any atom is 0.221 e. The summed E-state index contributed by atoms with van der Waals surface area (Å²) in [6.07, 6.45) is 3.09. The Morgan fingerprint density at radius 2 is 1.95 bits per heavy atom. The number of pyridine rings is 1. The molecule has 0 unspecified atom stereocenters. The summed E-state index contributed by atoms with van der Waals surface area (Å²) in [6.45, 7) is 2.34. The summed E-state index contributed by atoms with van der Waals surface area (Å²) in [5, 5.41) is 14.7. The molecule has 0 aliphatic heterocycles. The van der Waals surface area contributed by atoms with Gasteiger partial charge in [0.1, 0.15) is 11.3 Å². The molecule has 110 valence electrons. The van der Waals surface area contributed by atoms with Crippen LogP contribution in [-0.2, 0) is 6.54 Å². The number of ketones is 1. The molecular weight excluding hydrogens is 278 g/mol. The molecule has 0 saturated carbocycles. The average molecular weight is 293 g/mol. The van der Waals surface area contributed by atoms with Crippen molar-refractivity contribution in [2.45, 2.75) is 13.5 Å². The predicted molar refractivity (Wildman–Crippen MR) is 82.7 cm³/mol. The van der Waals surface area contributed by atoms with Crippen molar-refractivity contribution in [2.75, 3.05) is 0 Å². The van der Waals surface area contributed by atoms with Crippen LogP contribution in [-0.4, -0.2) is 25.7 Å². The molecular formula is C17H15N3O2. The first-order valence-electron chi connectivity index (χ1n) is 7.02. The highest BCUT2D eigenvalue weighted by Gasteiger charge is 2.25. The van der Waals surface area contributed by atoms with Crippen LogP contribution in [0.5, 0.6) is 5.88 Å². The molecule has 0 radical (unpaired) electrons. The minimum atomic E-state index is -0.288. The molecule has 0 saturated heterocycles. The lowest BCUT2D eigenvalue weighted by atomic mass is 10.0. The van der Waals surface area contributed by atoms with E-state index < -0.39 is 0 Å². The van der Waals surface area contributed by atoms with Gasteiger partial charge in [-0.15, -0.1) is 0 Å². The quantitative estimate of drug-likeness (QED) is 0.751. The first kappa shape index (κ1) is 14.0. The number of aromatic hydroxyl groups is 1. The lowest BCUT2D eigenvalue weighted by molar-refractivity contribution is 0.103. The maximum absolute atomic E-state index is 12.7. The number of carbonyl (C=O) groups excluding carboxylic acids is 1. The van der Waals surface area contributed by atoms with E-state index in [1.807, 2.05) is 37.3 Å². The first-order valence-corrected chi connectivity index (χ1v) is 7.02. The molecule has 0 bridgehead atoms. The van der Waals surface area contributed by atoms with E-state index in [0.29, 0.717) is 17.8 Å². The third-order valence-electron chi connectivity index (χ3n) is 3.42. The number of rotatable bonds is 4. The number of hydrogen-bond acceptors (Lipinski definition) is 4. The van der Waals surface area contributed by atoms with Crippen molar-refractivity contribution in [3.63, 3.8) is 0 Å². The number of hydrogen-bond donors (Lipinski definition) is 1. The Labute approximate surface area is 127 Å². The third-order valence-corrected chi connectivity index (χ3v) is 3.42. The summed E-state index contributed by atoms with van der Waals surface area (Å²) < 4.78 is 1.42. The molecule has 0 spiro atoms. The van der Waals surface area contributed by atoms with Gasteiger partial charge in [-0.25, -0.2) is 4.68 Å². The Balaban J connectivity index is 2.18. The highest BCUT2D eigenvalue weighted by molar-refractivity contribution is 6.13. The van der Waals surface area contributed by atoms with Crippen LogP contribution in [0.2, 0.25) is 0 Å². The number of nitrogens with zero attached hydrogens (tertiary/aromatic N) is 3. The number of carbonyl (C=O) groups is 1. The Bertz CT molecular complexity index is 796. The standard InChI is InChI=1S/C17H15N3O2/c1-2-20-17(22)14(16(21)13-9-6-10-18-11-13)15(19-20)12-7-4-3-5-8-12/h3-11,22H,2H2,1H3. The molecule has 0 amide bonds. The van der Waals surface area contributed by atoms with Crippen LogP contribution < -0.4 is 0 Å². The molecule has 0 fully saturated rings. The molecule has 3 rings (SSSR count). The molecule has 3 aromatic rings. The monoisotopic (exact) mass is 293 g/mol. The molecule has 0 atom stereocenters. The summed E-state index contributed by atoms with van der Waals surface area (Å²) in [4.78, 5) is 16.7. The summed E-state index contributed by atoms with van der Waals surface area (Å²) in [5.74, 6) is -0.403. The second-order valence-corrected chi connectivity index (χ2v) is 4.80.